The van der Waals surface area contributed by atoms with E-state index in [9.17, 15) is 5.11 Å². The van der Waals surface area contributed by atoms with Crippen LogP contribution in [0.25, 0.3) is 0 Å². The van der Waals surface area contributed by atoms with Gasteiger partial charge < -0.3 is 25.2 Å². The Morgan fingerprint density at radius 1 is 1.40 bits per heavy atom. The summed E-state index contributed by atoms with van der Waals surface area (Å²) in [7, 11) is 1.69. The van der Waals surface area contributed by atoms with Crippen LogP contribution in [-0.4, -0.2) is 51.1 Å². The number of guanidine groups is 1. The van der Waals surface area contributed by atoms with Gasteiger partial charge in [-0.2, -0.15) is 0 Å². The van der Waals surface area contributed by atoms with Crippen LogP contribution in [0, 0.1) is 12.3 Å². The van der Waals surface area contributed by atoms with Gasteiger partial charge in [-0.05, 0) is 43.9 Å². The summed E-state index contributed by atoms with van der Waals surface area (Å²) in [6.07, 6.45) is 1.71. The third-order valence-electron chi connectivity index (χ3n) is 4.69. The molecule has 0 bridgehead atoms. The van der Waals surface area contributed by atoms with Crippen molar-refractivity contribution in [1.82, 2.24) is 10.6 Å². The van der Waals surface area contributed by atoms with E-state index in [1.807, 2.05) is 19.9 Å². The van der Waals surface area contributed by atoms with E-state index >= 15 is 0 Å². The molecule has 1 saturated heterocycles. The van der Waals surface area contributed by atoms with Gasteiger partial charge in [-0.25, -0.2) is 4.99 Å². The number of hydrogen-bond donors (Lipinski definition) is 3. The predicted octanol–water partition coefficient (Wildman–Crippen LogP) is 1.85. The largest absolute Gasteiger partial charge is 0.496 e. The molecule has 1 aromatic carbocycles. The molecule has 1 aromatic rings. The maximum absolute atomic E-state index is 9.34. The van der Waals surface area contributed by atoms with Gasteiger partial charge >= 0.3 is 0 Å². The van der Waals surface area contributed by atoms with Crippen LogP contribution < -0.4 is 15.4 Å². The fraction of sp³-hybridized carbons (Fsp3) is 0.632. The average molecular weight is 349 g/mol. The van der Waals surface area contributed by atoms with Crippen molar-refractivity contribution in [2.24, 2.45) is 10.4 Å². The number of aliphatic hydroxyl groups excluding tert-OH is 1. The molecular weight excluding hydrogens is 318 g/mol. The number of rotatable bonds is 8. The second kappa shape index (κ2) is 9.63. The first-order chi connectivity index (χ1) is 12.1. The smallest absolute Gasteiger partial charge is 0.191 e. The lowest BCUT2D eigenvalue weighted by Gasteiger charge is -2.27. The topological polar surface area (TPSA) is 75.1 Å². The highest BCUT2D eigenvalue weighted by molar-refractivity contribution is 5.79. The molecule has 1 fully saturated rings. The lowest BCUT2D eigenvalue weighted by Crippen LogP contribution is -2.44. The Hall–Kier alpha value is -1.79. The molecule has 140 valence electrons. The van der Waals surface area contributed by atoms with Crippen molar-refractivity contribution in [3.8, 4) is 5.75 Å². The second-order valence-electron chi connectivity index (χ2n) is 6.63. The summed E-state index contributed by atoms with van der Waals surface area (Å²) in [5, 5.41) is 16.0. The number of nitrogens with one attached hydrogen (secondary N) is 2. The molecule has 1 atom stereocenters. The van der Waals surface area contributed by atoms with Gasteiger partial charge in [0.25, 0.3) is 0 Å². The lowest BCUT2D eigenvalue weighted by atomic mass is 9.84. The van der Waals surface area contributed by atoms with Gasteiger partial charge in [0, 0.05) is 31.7 Å². The molecule has 1 unspecified atom stereocenters. The SMILES string of the molecule is CCNC(=NCc1ccc(C)c(OC)c1)NCC1(CCO)CCOC1. The standard InChI is InChI=1S/C19H31N3O3/c1-4-20-18(22-13-19(7-9-23)8-10-25-14-19)21-12-16-6-5-15(2)17(11-16)24-3/h5-6,11,23H,4,7-10,12-14H2,1-3H3,(H2,20,21,22). The van der Waals surface area contributed by atoms with E-state index in [0.29, 0.717) is 13.2 Å². The highest BCUT2D eigenvalue weighted by Crippen LogP contribution is 2.31. The molecule has 0 aliphatic carbocycles. The highest BCUT2D eigenvalue weighted by atomic mass is 16.5. The summed E-state index contributed by atoms with van der Waals surface area (Å²) in [6, 6.07) is 6.15. The summed E-state index contributed by atoms with van der Waals surface area (Å²) in [5.74, 6) is 1.67. The first-order valence-electron chi connectivity index (χ1n) is 8.97. The lowest BCUT2D eigenvalue weighted by molar-refractivity contribution is 0.127. The van der Waals surface area contributed by atoms with Crippen molar-refractivity contribution in [2.75, 3.05) is 40.0 Å². The number of ether oxygens (including phenoxy) is 2. The molecule has 0 aromatic heterocycles. The van der Waals surface area contributed by atoms with Crippen molar-refractivity contribution >= 4 is 5.96 Å². The molecular formula is C19H31N3O3. The summed E-state index contributed by atoms with van der Waals surface area (Å²) in [5.41, 5.74) is 2.22. The molecule has 0 spiro atoms. The Morgan fingerprint density at radius 2 is 2.24 bits per heavy atom. The third kappa shape index (κ3) is 5.61. The summed E-state index contributed by atoms with van der Waals surface area (Å²) in [6.45, 7) is 7.84. The minimum atomic E-state index is -0.00196. The van der Waals surface area contributed by atoms with E-state index in [4.69, 9.17) is 9.47 Å². The van der Waals surface area contributed by atoms with E-state index in [-0.39, 0.29) is 12.0 Å². The first kappa shape index (κ1) is 19.5. The first-order valence-corrected chi connectivity index (χ1v) is 8.97. The van der Waals surface area contributed by atoms with E-state index in [1.54, 1.807) is 7.11 Å². The third-order valence-corrected chi connectivity index (χ3v) is 4.69. The maximum Gasteiger partial charge on any atom is 0.191 e. The molecule has 0 saturated carbocycles. The zero-order chi connectivity index (χ0) is 18.1. The van der Waals surface area contributed by atoms with Gasteiger partial charge in [-0.15, -0.1) is 0 Å². The van der Waals surface area contributed by atoms with Gasteiger partial charge in [0.2, 0.25) is 0 Å². The summed E-state index contributed by atoms with van der Waals surface area (Å²) in [4.78, 5) is 4.68. The molecule has 3 N–H and O–H groups in total. The molecule has 2 rings (SSSR count). The quantitative estimate of drug-likeness (QED) is 0.493. The fourth-order valence-corrected chi connectivity index (χ4v) is 3.06. The van der Waals surface area contributed by atoms with Gasteiger partial charge in [-0.1, -0.05) is 12.1 Å². The van der Waals surface area contributed by atoms with Crippen molar-refractivity contribution < 1.29 is 14.6 Å². The van der Waals surface area contributed by atoms with Crippen LogP contribution in [0.2, 0.25) is 0 Å². The Balaban J connectivity index is 2.00. The van der Waals surface area contributed by atoms with Gasteiger partial charge in [-0.3, -0.25) is 0 Å². The molecule has 6 nitrogen and oxygen atoms in total. The van der Waals surface area contributed by atoms with E-state index in [1.165, 1.54) is 0 Å². The molecule has 1 aliphatic heterocycles. The Bertz CT molecular complexity index is 569. The number of benzene rings is 1. The van der Waals surface area contributed by atoms with Crippen LogP contribution in [-0.2, 0) is 11.3 Å². The molecule has 1 heterocycles. The zero-order valence-electron chi connectivity index (χ0n) is 15.6. The van der Waals surface area contributed by atoms with Crippen LogP contribution in [0.4, 0.5) is 0 Å². The molecule has 25 heavy (non-hydrogen) atoms. The zero-order valence-corrected chi connectivity index (χ0v) is 15.6. The van der Waals surface area contributed by atoms with Crippen molar-refractivity contribution in [2.45, 2.75) is 33.2 Å². The molecule has 6 heteroatoms. The van der Waals surface area contributed by atoms with Crippen molar-refractivity contribution in [3.05, 3.63) is 29.3 Å². The Morgan fingerprint density at radius 3 is 2.88 bits per heavy atom. The van der Waals surface area contributed by atoms with Crippen LogP contribution in [0.1, 0.15) is 30.9 Å². The Labute approximate surface area is 150 Å². The average Bonchev–Trinajstić information content (AvgIpc) is 3.07. The van der Waals surface area contributed by atoms with E-state index in [2.05, 4.69) is 27.8 Å². The van der Waals surface area contributed by atoms with Crippen LogP contribution in [0.3, 0.4) is 0 Å². The molecule has 0 amide bonds. The summed E-state index contributed by atoms with van der Waals surface area (Å²) >= 11 is 0. The van der Waals surface area contributed by atoms with E-state index < -0.39 is 0 Å². The highest BCUT2D eigenvalue weighted by Gasteiger charge is 2.34. The van der Waals surface area contributed by atoms with Crippen molar-refractivity contribution in [1.29, 1.82) is 0 Å². The fourth-order valence-electron chi connectivity index (χ4n) is 3.06. The van der Waals surface area contributed by atoms with Gasteiger partial charge in [0.15, 0.2) is 5.96 Å². The number of aliphatic hydroxyl groups is 1. The number of nitrogens with zero attached hydrogens (tertiary/aromatic N) is 1. The molecule has 1 aliphatic rings. The predicted molar refractivity (Wildman–Crippen MR) is 100 cm³/mol. The molecule has 0 radical (unpaired) electrons. The number of aryl methyl sites for hydroxylation is 1. The normalized spacial score (nSPS) is 20.6. The van der Waals surface area contributed by atoms with Gasteiger partial charge in [0.05, 0.1) is 20.3 Å². The minimum absolute atomic E-state index is 0.00196. The van der Waals surface area contributed by atoms with Crippen LogP contribution in [0.5, 0.6) is 5.75 Å². The summed E-state index contributed by atoms with van der Waals surface area (Å²) < 4.78 is 10.9. The van der Waals surface area contributed by atoms with Crippen molar-refractivity contribution in [3.63, 3.8) is 0 Å². The minimum Gasteiger partial charge on any atom is -0.496 e. The second-order valence-corrected chi connectivity index (χ2v) is 6.63. The number of hydrogen-bond acceptors (Lipinski definition) is 4. The monoisotopic (exact) mass is 349 g/mol. The van der Waals surface area contributed by atoms with Gasteiger partial charge in [0.1, 0.15) is 5.75 Å². The number of methoxy groups -OCH3 is 1. The van der Waals surface area contributed by atoms with E-state index in [0.717, 1.165) is 55.4 Å². The van der Waals surface area contributed by atoms with Crippen LogP contribution >= 0.6 is 0 Å². The maximum atomic E-state index is 9.34. The van der Waals surface area contributed by atoms with Crippen LogP contribution in [0.15, 0.2) is 23.2 Å². The number of aliphatic imine (C=N–C) groups is 1. The Kier molecular flexibility index (Phi) is 7.52.